The number of aromatic nitrogens is 1. The zero-order valence-corrected chi connectivity index (χ0v) is 76.9. The van der Waals surface area contributed by atoms with Crippen LogP contribution >= 0.6 is 11.8 Å². The number of hydroxylamine groups is 1. The molecule has 0 saturated carbocycles. The van der Waals surface area contributed by atoms with Gasteiger partial charge < -0.3 is 143 Å². The first-order valence-corrected chi connectivity index (χ1v) is 46.3. The summed E-state index contributed by atoms with van der Waals surface area (Å²) in [5.74, 6) is -14.2. The molecule has 48 heteroatoms. The molecule has 13 atom stereocenters. The molecule has 4 aliphatic heterocycles. The lowest BCUT2D eigenvalue weighted by molar-refractivity contribution is -0.144. The highest BCUT2D eigenvalue weighted by molar-refractivity contribution is 7.98. The maximum Gasteiger partial charge on any atom is 0.407 e. The second-order valence-electron chi connectivity index (χ2n) is 32.3. The van der Waals surface area contributed by atoms with Crippen molar-refractivity contribution < 1.29 is 134 Å². The number of methoxy groups -OCH3 is 1. The van der Waals surface area contributed by atoms with Gasteiger partial charge in [0, 0.05) is 84.4 Å². The summed E-state index contributed by atoms with van der Waals surface area (Å²) in [6.45, 7) is 10.5. The van der Waals surface area contributed by atoms with E-state index in [1.807, 2.05) is 13.8 Å². The number of nitrogens with two attached hydrogens (primary N) is 2. The van der Waals surface area contributed by atoms with Gasteiger partial charge in [0.05, 0.1) is 191 Å². The van der Waals surface area contributed by atoms with Crippen molar-refractivity contribution in [2.24, 2.45) is 41.1 Å². The molecule has 22 N–H and O–H groups in total. The first-order valence-electron chi connectivity index (χ1n) is 43.9. The SMILES string of the molecule is CC[C@H](C)[C@@H]1CC(=O)CNC(=O)[C@H]2CC(=O)[C@H]([C@@H](C)[C@@H](O)CO)NC(=O)[C@@H]3C[C@@H](O)CN3C(=O)[C@H](CC(N)=O)NC(=O)[C@H](CS(=O)c3[nH]c4c(CSCCOCCOCCOCCOCCOCCOCCOCCN5C=C(CNC(=O)OCc6ccc(NC(=O)[C@@H](CCCNC(N)=O)NC(=O)[C@H](CC(C)C)NC(=O)CNO)cc6)NN5)c(OC)ccc4c3C2)NC(=O)CNC1=O. The number of anilines is 1. The van der Waals surface area contributed by atoms with E-state index >= 15 is 9.00 Å². The number of carbonyl (C=O) groups excluding carboxylic acids is 14. The summed E-state index contributed by atoms with van der Waals surface area (Å²) in [5.41, 5.74) is 21.2. The van der Waals surface area contributed by atoms with Crippen LogP contribution in [-0.2, 0) is 125 Å². The topological polar surface area (TPSA) is 651 Å². The van der Waals surface area contributed by atoms with Crippen molar-refractivity contribution in [2.45, 2.75) is 158 Å². The Balaban J connectivity index is 0.801. The molecule has 4 aliphatic rings. The number of ether oxygens (including phenoxy) is 9. The quantitative estimate of drug-likeness (QED) is 0.0192. The number of fused-ring (bicyclic) bond motifs is 5. The maximum atomic E-state index is 15.4. The van der Waals surface area contributed by atoms with Crippen LogP contribution in [0.1, 0.15) is 103 Å². The molecule has 132 heavy (non-hydrogen) atoms. The number of hydrogen-bond donors (Lipinski definition) is 20. The molecule has 0 spiro atoms. The summed E-state index contributed by atoms with van der Waals surface area (Å²) >= 11 is 1.44. The molecule has 0 aliphatic carbocycles. The van der Waals surface area contributed by atoms with E-state index in [1.54, 1.807) is 66.9 Å². The fourth-order valence-corrected chi connectivity index (χ4v) is 16.8. The number of H-pyrrole nitrogens is 1. The number of nitrogens with zero attached hydrogens (tertiary/aromatic N) is 2. The van der Waals surface area contributed by atoms with Gasteiger partial charge in [0.1, 0.15) is 47.6 Å². The van der Waals surface area contributed by atoms with Crippen LogP contribution in [0.5, 0.6) is 5.75 Å². The molecule has 1 saturated heterocycles. The van der Waals surface area contributed by atoms with Crippen LogP contribution in [0, 0.1) is 29.6 Å². The van der Waals surface area contributed by atoms with Gasteiger partial charge >= 0.3 is 12.1 Å². The standard InChI is InChI=1S/C84H130N18O28S2/c1-7-50(4)59-36-56(104)40-88-75(111)53-34-60-58-14-15-69(122-6)61(74(58)98-81(60)132(121)48-65(94-71(109)41-89-76(59)112)79(115)96-64(38-70(85)108)82(117)102-44-57(105)37-66(102)80(116)97-73(67(106)35-53)51(5)68(107)45-103)47-131-32-31-129-30-29-128-28-27-127-26-25-126-24-23-125-22-21-124-20-19-123-18-17-101-43-55(99-100-101)39-90-84(119)130-46-52-10-12-54(13-11-52)92-77(113)62(9-8-16-87-83(86)118)95-78(114)63(33-49(2)3)93-72(110)42-91-120/h10-15,43,49-51,53,57,59,62-66,68,73,91,98-100,103,105,107,120H,7-9,16-42,44-48H2,1-6H3,(H2,85,108)(H,88,111)(H,89,112)(H,90,119)(H,92,113)(H,93,110)(H,94,109)(H,95,114)(H,96,115)(H,97,116)(H3,86,87,118)/t50-,51-,53+,57+,59-,62+,63-,64-,65-,66-,68-,73-,132?/m0/s1. The van der Waals surface area contributed by atoms with Gasteiger partial charge in [0.2, 0.25) is 59.1 Å². The molecule has 2 bridgehead atoms. The number of aliphatic hydroxyl groups excluding tert-OH is 3. The number of hydrazine groups is 2. The number of urea groups is 1. The molecular formula is C84H130N18O28S2. The van der Waals surface area contributed by atoms with Gasteiger partial charge in [0.25, 0.3) is 0 Å². The lowest BCUT2D eigenvalue weighted by Gasteiger charge is -2.32. The number of Topliss-reactive ketones (excluding diaryl/α,β-unsaturated/α-hetero) is 2. The number of alkyl carbamates (subject to hydrolysis) is 1. The zero-order chi connectivity index (χ0) is 96.2. The van der Waals surface area contributed by atoms with Crippen molar-refractivity contribution in [3.63, 3.8) is 0 Å². The van der Waals surface area contributed by atoms with Crippen LogP contribution in [0.2, 0.25) is 0 Å². The van der Waals surface area contributed by atoms with Crippen LogP contribution in [-0.4, -0.2) is 334 Å². The molecule has 13 amide bonds. The van der Waals surface area contributed by atoms with E-state index in [9.17, 15) is 77.6 Å². The van der Waals surface area contributed by atoms with Gasteiger partial charge in [0.15, 0.2) is 11.6 Å². The largest absolute Gasteiger partial charge is 0.496 e. The van der Waals surface area contributed by atoms with E-state index in [1.165, 1.54) is 25.8 Å². The van der Waals surface area contributed by atoms with Gasteiger partial charge in [-0.05, 0) is 72.9 Å². The highest BCUT2D eigenvalue weighted by Gasteiger charge is 2.46. The highest BCUT2D eigenvalue weighted by atomic mass is 32.2. The number of amides is 13. The van der Waals surface area contributed by atoms with Crippen molar-refractivity contribution in [1.29, 1.82) is 0 Å². The summed E-state index contributed by atoms with van der Waals surface area (Å²) in [6, 6.07) is -0.0406. The molecule has 1 fully saturated rings. The van der Waals surface area contributed by atoms with Gasteiger partial charge in [-0.3, -0.25) is 66.8 Å². The van der Waals surface area contributed by atoms with E-state index in [0.717, 1.165) is 4.90 Å². The van der Waals surface area contributed by atoms with Crippen molar-refractivity contribution in [1.82, 2.24) is 79.2 Å². The lowest BCUT2D eigenvalue weighted by atomic mass is 9.85. The second kappa shape index (κ2) is 58.0. The number of thioether (sulfide) groups is 1. The van der Waals surface area contributed by atoms with Crippen LogP contribution < -0.4 is 85.8 Å². The Kier molecular flexibility index (Phi) is 47.7. The van der Waals surface area contributed by atoms with Crippen LogP contribution in [0.3, 0.4) is 0 Å². The predicted molar refractivity (Wildman–Crippen MR) is 476 cm³/mol. The van der Waals surface area contributed by atoms with Crippen LogP contribution in [0.25, 0.3) is 10.9 Å². The molecule has 5 heterocycles. The average Bonchev–Trinajstić information content (AvgIpc) is 1.61. The first-order chi connectivity index (χ1) is 63.3. The Labute approximate surface area is 770 Å². The van der Waals surface area contributed by atoms with E-state index in [2.05, 4.69) is 69.1 Å². The van der Waals surface area contributed by atoms with E-state index in [4.69, 9.17) is 59.3 Å². The Morgan fingerprint density at radius 3 is 1.98 bits per heavy atom. The van der Waals surface area contributed by atoms with Crippen molar-refractivity contribution in [2.75, 3.05) is 169 Å². The monoisotopic (exact) mass is 1900 g/mol. The second-order valence-corrected chi connectivity index (χ2v) is 34.9. The van der Waals surface area contributed by atoms with Gasteiger partial charge in [-0.15, -0.1) is 5.53 Å². The van der Waals surface area contributed by atoms with Gasteiger partial charge in [-0.1, -0.05) is 53.2 Å². The predicted octanol–water partition coefficient (Wildman–Crippen LogP) is -3.61. The highest BCUT2D eigenvalue weighted by Crippen LogP contribution is 2.38. The normalized spacial score (nSPS) is 20.8. The number of ketones is 2. The molecule has 736 valence electrons. The smallest absolute Gasteiger partial charge is 0.407 e. The van der Waals surface area contributed by atoms with Crippen molar-refractivity contribution >= 4 is 122 Å². The third kappa shape index (κ3) is 36.9. The molecule has 0 radical (unpaired) electrons. The zero-order valence-electron chi connectivity index (χ0n) is 75.2. The molecule has 3 aromatic rings. The maximum absolute atomic E-state index is 15.4. The number of aromatic amines is 1. The minimum Gasteiger partial charge on any atom is -0.496 e. The van der Waals surface area contributed by atoms with Gasteiger partial charge in [-0.2, -0.15) is 17.2 Å². The summed E-state index contributed by atoms with van der Waals surface area (Å²) in [7, 11) is -0.986. The summed E-state index contributed by atoms with van der Waals surface area (Å²) in [4.78, 5) is 195. The van der Waals surface area contributed by atoms with Crippen LogP contribution in [0.4, 0.5) is 15.3 Å². The van der Waals surface area contributed by atoms with Crippen molar-refractivity contribution in [3.05, 3.63) is 65.0 Å². The summed E-state index contributed by atoms with van der Waals surface area (Å²) in [5, 5.41) is 68.9. The number of rotatable bonds is 51. The van der Waals surface area contributed by atoms with E-state index in [0.29, 0.717) is 131 Å². The Bertz CT molecular complexity index is 4360. The molecule has 7 rings (SSSR count). The minimum absolute atomic E-state index is 0.00801. The number of hydrogen-bond acceptors (Lipinski definition) is 33. The Morgan fingerprint density at radius 2 is 1.37 bits per heavy atom. The van der Waals surface area contributed by atoms with Crippen molar-refractivity contribution in [3.8, 4) is 5.75 Å². The third-order valence-corrected chi connectivity index (χ3v) is 24.2. The minimum atomic E-state index is -2.43. The molecule has 1 aromatic heterocycles. The van der Waals surface area contributed by atoms with E-state index in [-0.39, 0.29) is 81.0 Å². The van der Waals surface area contributed by atoms with Gasteiger partial charge in [-0.25, -0.2) is 9.59 Å². The third-order valence-electron chi connectivity index (χ3n) is 21.9. The Hall–Kier alpha value is -10.3. The number of aliphatic hydroxyl groups is 3. The molecular weight excluding hydrogens is 1770 g/mol. The van der Waals surface area contributed by atoms with E-state index < -0.39 is 236 Å². The summed E-state index contributed by atoms with van der Waals surface area (Å²) < 4.78 is 66.4. The number of primary amides is 2. The number of benzene rings is 2. The first kappa shape index (κ1) is 109. The lowest BCUT2D eigenvalue weighted by Crippen LogP contribution is -2.60. The average molecular weight is 1900 g/mol. The summed E-state index contributed by atoms with van der Waals surface area (Å²) in [6.07, 6.45) is -3.72. The van der Waals surface area contributed by atoms with Crippen LogP contribution in [0.15, 0.2) is 53.3 Å². The fraction of sp³-hybridized carbons (Fsp3) is 0.643. The number of carbonyl (C=O) groups is 14. The number of nitrogens with one attached hydrogen (secondary N) is 14. The molecule has 46 nitrogen and oxygen atoms in total. The molecule has 2 aromatic carbocycles. The Morgan fingerprint density at radius 1 is 0.727 bits per heavy atom. The molecule has 1 unspecified atom stereocenters. The fourth-order valence-electron chi connectivity index (χ4n) is 14.6.